The molecular formula is C10H20N2. The summed E-state index contributed by atoms with van der Waals surface area (Å²) in [4.78, 5) is 4.49. The lowest BCUT2D eigenvalue weighted by atomic mass is 9.76. The second-order valence-electron chi connectivity index (χ2n) is 4.20. The molecule has 0 saturated heterocycles. The zero-order valence-corrected chi connectivity index (χ0v) is 8.38. The third-order valence-electron chi connectivity index (χ3n) is 2.67. The van der Waals surface area contributed by atoms with Crippen LogP contribution in [0.4, 0.5) is 0 Å². The molecule has 1 saturated carbocycles. The fourth-order valence-electron chi connectivity index (χ4n) is 1.82. The molecule has 0 aromatic rings. The molecule has 0 aromatic carbocycles. The molecule has 0 bridgehead atoms. The molecule has 12 heavy (non-hydrogen) atoms. The molecule has 70 valence electrons. The van der Waals surface area contributed by atoms with E-state index >= 15 is 0 Å². The molecule has 0 spiro atoms. The maximum Gasteiger partial charge on any atom is 0.0909 e. The highest BCUT2D eigenvalue weighted by Crippen LogP contribution is 2.34. The molecule has 1 fully saturated rings. The molecule has 2 nitrogen and oxygen atoms in total. The molecule has 2 heteroatoms. The lowest BCUT2D eigenvalue weighted by Crippen LogP contribution is -2.31. The van der Waals surface area contributed by atoms with E-state index in [0.29, 0.717) is 12.0 Å². The number of aliphatic imine (C=N–C) groups is 1. The van der Waals surface area contributed by atoms with Gasteiger partial charge in [-0.3, -0.25) is 4.99 Å². The molecule has 2 N–H and O–H groups in total. The van der Waals surface area contributed by atoms with Crippen molar-refractivity contribution in [2.45, 2.75) is 46.1 Å². The van der Waals surface area contributed by atoms with Crippen LogP contribution in [-0.4, -0.2) is 11.9 Å². The SMILES string of the molecule is CC(N)=NC(C(C)C)C1CCC1. The van der Waals surface area contributed by atoms with E-state index in [0.717, 1.165) is 11.8 Å². The Morgan fingerprint density at radius 3 is 2.25 bits per heavy atom. The fraction of sp³-hybridized carbons (Fsp3) is 0.900. The largest absolute Gasteiger partial charge is 0.388 e. The van der Waals surface area contributed by atoms with Gasteiger partial charge < -0.3 is 5.73 Å². The standard InChI is InChI=1S/C10H20N2/c1-7(2)10(12-8(3)11)9-5-4-6-9/h7,9-10H,4-6H2,1-3H3,(H2,11,12). The van der Waals surface area contributed by atoms with Gasteiger partial charge in [0.2, 0.25) is 0 Å². The van der Waals surface area contributed by atoms with E-state index in [1.165, 1.54) is 19.3 Å². The van der Waals surface area contributed by atoms with Crippen LogP contribution in [0, 0.1) is 11.8 Å². The third-order valence-corrected chi connectivity index (χ3v) is 2.67. The van der Waals surface area contributed by atoms with Crippen molar-refractivity contribution in [3.63, 3.8) is 0 Å². The van der Waals surface area contributed by atoms with Crippen LogP contribution >= 0.6 is 0 Å². The van der Waals surface area contributed by atoms with Gasteiger partial charge in [-0.15, -0.1) is 0 Å². The average Bonchev–Trinajstić information content (AvgIpc) is 1.80. The second-order valence-corrected chi connectivity index (χ2v) is 4.20. The Bertz CT molecular complexity index is 165. The van der Waals surface area contributed by atoms with Gasteiger partial charge in [0.15, 0.2) is 0 Å². The molecule has 0 heterocycles. The average molecular weight is 168 g/mol. The van der Waals surface area contributed by atoms with E-state index in [-0.39, 0.29) is 0 Å². The Kier molecular flexibility index (Phi) is 3.12. The van der Waals surface area contributed by atoms with Gasteiger partial charge in [-0.1, -0.05) is 20.3 Å². The van der Waals surface area contributed by atoms with Crippen LogP contribution in [0.1, 0.15) is 40.0 Å². The van der Waals surface area contributed by atoms with Crippen LogP contribution < -0.4 is 5.73 Å². The summed E-state index contributed by atoms with van der Waals surface area (Å²) < 4.78 is 0. The van der Waals surface area contributed by atoms with Crippen LogP contribution in [0.5, 0.6) is 0 Å². The molecule has 0 aromatic heterocycles. The molecule has 1 aliphatic rings. The van der Waals surface area contributed by atoms with Crippen molar-refractivity contribution in [1.82, 2.24) is 0 Å². The van der Waals surface area contributed by atoms with Gasteiger partial charge in [-0.25, -0.2) is 0 Å². The molecule has 0 amide bonds. The number of rotatable bonds is 3. The summed E-state index contributed by atoms with van der Waals surface area (Å²) in [7, 11) is 0. The highest BCUT2D eigenvalue weighted by Gasteiger charge is 2.28. The minimum absolute atomic E-state index is 0.476. The van der Waals surface area contributed by atoms with Crippen LogP contribution in [0.2, 0.25) is 0 Å². The summed E-state index contributed by atoms with van der Waals surface area (Å²) in [6.45, 7) is 6.35. The lowest BCUT2D eigenvalue weighted by Gasteiger charge is -2.33. The van der Waals surface area contributed by atoms with E-state index < -0.39 is 0 Å². The smallest absolute Gasteiger partial charge is 0.0909 e. The van der Waals surface area contributed by atoms with Crippen molar-refractivity contribution in [2.24, 2.45) is 22.6 Å². The number of nitrogens with zero attached hydrogens (tertiary/aromatic N) is 1. The Labute approximate surface area is 75.3 Å². The topological polar surface area (TPSA) is 38.4 Å². The van der Waals surface area contributed by atoms with Gasteiger partial charge in [0.05, 0.1) is 11.9 Å². The van der Waals surface area contributed by atoms with E-state index in [2.05, 4.69) is 18.8 Å². The quantitative estimate of drug-likeness (QED) is 0.509. The third kappa shape index (κ3) is 2.23. The van der Waals surface area contributed by atoms with E-state index in [4.69, 9.17) is 5.73 Å². The Morgan fingerprint density at radius 2 is 2.00 bits per heavy atom. The molecule has 1 atom stereocenters. The van der Waals surface area contributed by atoms with E-state index in [9.17, 15) is 0 Å². The zero-order valence-electron chi connectivity index (χ0n) is 8.38. The monoisotopic (exact) mass is 168 g/mol. The highest BCUT2D eigenvalue weighted by atomic mass is 14.9. The van der Waals surface area contributed by atoms with Crippen molar-refractivity contribution in [1.29, 1.82) is 0 Å². The summed E-state index contributed by atoms with van der Waals surface area (Å²) in [6, 6.07) is 0.476. The molecule has 1 aliphatic carbocycles. The summed E-state index contributed by atoms with van der Waals surface area (Å²) >= 11 is 0. The first kappa shape index (κ1) is 9.56. The predicted molar refractivity (Wildman–Crippen MR) is 53.3 cm³/mol. The first-order valence-electron chi connectivity index (χ1n) is 4.91. The van der Waals surface area contributed by atoms with Crippen molar-refractivity contribution in [3.8, 4) is 0 Å². The number of hydrogen-bond acceptors (Lipinski definition) is 1. The summed E-state index contributed by atoms with van der Waals surface area (Å²) in [5, 5.41) is 0. The van der Waals surface area contributed by atoms with Crippen molar-refractivity contribution < 1.29 is 0 Å². The fourth-order valence-corrected chi connectivity index (χ4v) is 1.82. The first-order chi connectivity index (χ1) is 5.61. The molecule has 1 unspecified atom stereocenters. The van der Waals surface area contributed by atoms with Gasteiger partial charge in [-0.2, -0.15) is 0 Å². The van der Waals surface area contributed by atoms with E-state index in [1.54, 1.807) is 0 Å². The normalized spacial score (nSPS) is 22.5. The minimum atomic E-state index is 0.476. The Morgan fingerprint density at radius 1 is 1.42 bits per heavy atom. The summed E-state index contributed by atoms with van der Waals surface area (Å²) in [5.74, 6) is 2.18. The van der Waals surface area contributed by atoms with Crippen LogP contribution in [-0.2, 0) is 0 Å². The molecule has 0 aliphatic heterocycles. The maximum atomic E-state index is 5.60. The van der Waals surface area contributed by atoms with E-state index in [1.807, 2.05) is 6.92 Å². The Hall–Kier alpha value is -0.530. The van der Waals surface area contributed by atoms with Crippen molar-refractivity contribution in [3.05, 3.63) is 0 Å². The van der Waals surface area contributed by atoms with Crippen LogP contribution in [0.3, 0.4) is 0 Å². The highest BCUT2D eigenvalue weighted by molar-refractivity contribution is 5.77. The van der Waals surface area contributed by atoms with Crippen LogP contribution in [0.25, 0.3) is 0 Å². The van der Waals surface area contributed by atoms with Gasteiger partial charge >= 0.3 is 0 Å². The zero-order chi connectivity index (χ0) is 9.14. The van der Waals surface area contributed by atoms with Crippen molar-refractivity contribution >= 4 is 5.84 Å². The molecule has 1 rings (SSSR count). The number of hydrogen-bond donors (Lipinski definition) is 1. The van der Waals surface area contributed by atoms with Crippen LogP contribution in [0.15, 0.2) is 4.99 Å². The van der Waals surface area contributed by atoms with Gasteiger partial charge in [0, 0.05) is 0 Å². The lowest BCUT2D eigenvalue weighted by molar-refractivity contribution is 0.224. The minimum Gasteiger partial charge on any atom is -0.388 e. The summed E-state index contributed by atoms with van der Waals surface area (Å²) in [5.41, 5.74) is 5.60. The molecule has 0 radical (unpaired) electrons. The van der Waals surface area contributed by atoms with Crippen molar-refractivity contribution in [2.75, 3.05) is 0 Å². The Balaban J connectivity index is 2.54. The number of nitrogens with two attached hydrogens (primary N) is 1. The maximum absolute atomic E-state index is 5.60. The van der Waals surface area contributed by atoms with Gasteiger partial charge in [0.25, 0.3) is 0 Å². The first-order valence-corrected chi connectivity index (χ1v) is 4.91. The summed E-state index contributed by atoms with van der Waals surface area (Å²) in [6.07, 6.45) is 4.08. The second kappa shape index (κ2) is 3.92. The van der Waals surface area contributed by atoms with Gasteiger partial charge in [-0.05, 0) is 31.6 Å². The predicted octanol–water partition coefficient (Wildman–Crippen LogP) is 2.19. The van der Waals surface area contributed by atoms with Gasteiger partial charge in [0.1, 0.15) is 0 Å². The molecular weight excluding hydrogens is 148 g/mol. The number of amidine groups is 1.